The van der Waals surface area contributed by atoms with Crippen molar-refractivity contribution >= 4 is 16.6 Å². The van der Waals surface area contributed by atoms with Gasteiger partial charge in [-0.15, -0.1) is 0 Å². The number of pyridine rings is 1. The molecule has 2 aromatic heterocycles. The van der Waals surface area contributed by atoms with E-state index in [2.05, 4.69) is 10.1 Å². The minimum atomic E-state index is -0.441. The van der Waals surface area contributed by atoms with Crippen molar-refractivity contribution in [3.8, 4) is 11.3 Å². The Hall–Kier alpha value is -2.96. The molecule has 1 N–H and O–H groups in total. The highest BCUT2D eigenvalue weighted by atomic mass is 16.6. The number of nitro groups is 1. The fraction of sp³-hybridized carbons (Fsp3) is 0.0769. The van der Waals surface area contributed by atoms with Crippen LogP contribution < -0.4 is 5.56 Å². The lowest BCUT2D eigenvalue weighted by atomic mass is 10.1. The SMILES string of the molecule is Cn1nc(-c2ccc(=O)[nH]c2)c2cc([N+](=O)[O-])ccc21. The number of aromatic amines is 1. The van der Waals surface area contributed by atoms with Gasteiger partial charge in [0, 0.05) is 42.4 Å². The summed E-state index contributed by atoms with van der Waals surface area (Å²) in [5.74, 6) is 0. The lowest BCUT2D eigenvalue weighted by Gasteiger charge is -1.97. The first kappa shape index (κ1) is 12.1. The first-order valence-corrected chi connectivity index (χ1v) is 5.86. The summed E-state index contributed by atoms with van der Waals surface area (Å²) < 4.78 is 1.65. The average molecular weight is 270 g/mol. The zero-order valence-electron chi connectivity index (χ0n) is 10.5. The van der Waals surface area contributed by atoms with Gasteiger partial charge in [-0.2, -0.15) is 5.10 Å². The molecule has 0 spiro atoms. The van der Waals surface area contributed by atoms with Gasteiger partial charge in [-0.1, -0.05) is 0 Å². The summed E-state index contributed by atoms with van der Waals surface area (Å²) in [7, 11) is 1.77. The van der Waals surface area contributed by atoms with Gasteiger partial charge < -0.3 is 4.98 Å². The van der Waals surface area contributed by atoms with Crippen LogP contribution in [0.5, 0.6) is 0 Å². The highest BCUT2D eigenvalue weighted by Gasteiger charge is 2.14. The van der Waals surface area contributed by atoms with Gasteiger partial charge in [0.2, 0.25) is 5.56 Å². The van der Waals surface area contributed by atoms with E-state index in [0.29, 0.717) is 16.6 Å². The van der Waals surface area contributed by atoms with Crippen molar-refractivity contribution in [2.45, 2.75) is 0 Å². The molecule has 0 unspecified atom stereocenters. The number of non-ortho nitro benzene ring substituents is 1. The van der Waals surface area contributed by atoms with Crippen molar-refractivity contribution in [1.29, 1.82) is 0 Å². The second-order valence-electron chi connectivity index (χ2n) is 4.37. The highest BCUT2D eigenvalue weighted by Crippen LogP contribution is 2.29. The molecular weight excluding hydrogens is 260 g/mol. The van der Waals surface area contributed by atoms with Crippen LogP contribution in [-0.2, 0) is 7.05 Å². The van der Waals surface area contributed by atoms with Gasteiger partial charge in [0.05, 0.1) is 10.4 Å². The summed E-state index contributed by atoms with van der Waals surface area (Å²) in [5, 5.41) is 15.9. The van der Waals surface area contributed by atoms with Crippen molar-refractivity contribution in [3.05, 3.63) is 57.0 Å². The van der Waals surface area contributed by atoms with E-state index in [1.165, 1.54) is 18.2 Å². The molecule has 0 bridgehead atoms. The van der Waals surface area contributed by atoms with E-state index < -0.39 is 4.92 Å². The maximum Gasteiger partial charge on any atom is 0.270 e. The van der Waals surface area contributed by atoms with Crippen molar-refractivity contribution in [1.82, 2.24) is 14.8 Å². The van der Waals surface area contributed by atoms with Crippen LogP contribution in [0.2, 0.25) is 0 Å². The third-order valence-corrected chi connectivity index (χ3v) is 3.10. The summed E-state index contributed by atoms with van der Waals surface area (Å²) in [6.45, 7) is 0. The summed E-state index contributed by atoms with van der Waals surface area (Å²) >= 11 is 0. The second kappa shape index (κ2) is 4.30. The standard InChI is InChI=1S/C13H10N4O3/c1-16-11-4-3-9(17(19)20)6-10(11)13(15-16)8-2-5-12(18)14-7-8/h2-7H,1H3,(H,14,18). The zero-order valence-corrected chi connectivity index (χ0v) is 10.5. The lowest BCUT2D eigenvalue weighted by molar-refractivity contribution is -0.384. The number of aryl methyl sites for hydroxylation is 1. The van der Waals surface area contributed by atoms with Crippen LogP contribution in [0.4, 0.5) is 5.69 Å². The van der Waals surface area contributed by atoms with E-state index in [1.54, 1.807) is 30.1 Å². The molecular formula is C13H10N4O3. The number of rotatable bonds is 2. The van der Waals surface area contributed by atoms with E-state index in [1.807, 2.05) is 0 Å². The maximum absolute atomic E-state index is 11.1. The second-order valence-corrected chi connectivity index (χ2v) is 4.37. The molecule has 0 radical (unpaired) electrons. The number of benzene rings is 1. The molecule has 7 heteroatoms. The van der Waals surface area contributed by atoms with E-state index in [9.17, 15) is 14.9 Å². The number of hydrogen-bond acceptors (Lipinski definition) is 4. The minimum absolute atomic E-state index is 0.0103. The summed E-state index contributed by atoms with van der Waals surface area (Å²) in [4.78, 5) is 24.1. The molecule has 0 saturated heterocycles. The normalized spacial score (nSPS) is 10.8. The first-order chi connectivity index (χ1) is 9.56. The predicted molar refractivity (Wildman–Crippen MR) is 73.4 cm³/mol. The van der Waals surface area contributed by atoms with Gasteiger partial charge in [0.15, 0.2) is 0 Å². The largest absolute Gasteiger partial charge is 0.328 e. The quantitative estimate of drug-likeness (QED) is 0.567. The molecule has 0 saturated carbocycles. The molecule has 7 nitrogen and oxygen atoms in total. The highest BCUT2D eigenvalue weighted by molar-refractivity contribution is 5.94. The minimum Gasteiger partial charge on any atom is -0.328 e. The number of fused-ring (bicyclic) bond motifs is 1. The number of nitrogens with zero attached hydrogens (tertiary/aromatic N) is 3. The van der Waals surface area contributed by atoms with Crippen molar-refractivity contribution < 1.29 is 4.92 Å². The molecule has 0 amide bonds. The van der Waals surface area contributed by atoms with Gasteiger partial charge in [-0.05, 0) is 12.1 Å². The topological polar surface area (TPSA) is 93.8 Å². The number of hydrogen-bond donors (Lipinski definition) is 1. The fourth-order valence-electron chi connectivity index (χ4n) is 2.14. The smallest absolute Gasteiger partial charge is 0.270 e. The van der Waals surface area contributed by atoms with Crippen molar-refractivity contribution in [2.75, 3.05) is 0 Å². The molecule has 0 aliphatic heterocycles. The molecule has 0 atom stereocenters. The summed E-state index contributed by atoms with van der Waals surface area (Å²) in [6, 6.07) is 7.63. The Morgan fingerprint density at radius 2 is 2.10 bits per heavy atom. The molecule has 20 heavy (non-hydrogen) atoms. The Morgan fingerprint density at radius 3 is 2.75 bits per heavy atom. The van der Waals surface area contributed by atoms with Crippen LogP contribution in [0.25, 0.3) is 22.2 Å². The van der Waals surface area contributed by atoms with Crippen LogP contribution in [0, 0.1) is 10.1 Å². The van der Waals surface area contributed by atoms with Gasteiger partial charge in [-0.25, -0.2) is 0 Å². The van der Waals surface area contributed by atoms with Gasteiger partial charge in [0.25, 0.3) is 5.69 Å². The Labute approximate surface area is 112 Å². The molecule has 100 valence electrons. The molecule has 0 aliphatic rings. The van der Waals surface area contributed by atoms with Gasteiger partial charge >= 0.3 is 0 Å². The summed E-state index contributed by atoms with van der Waals surface area (Å²) in [5.41, 5.74) is 1.89. The fourth-order valence-corrected chi connectivity index (χ4v) is 2.14. The average Bonchev–Trinajstić information content (AvgIpc) is 2.76. The molecule has 0 fully saturated rings. The van der Waals surface area contributed by atoms with Crippen LogP contribution in [0.15, 0.2) is 41.3 Å². The van der Waals surface area contributed by atoms with Crippen molar-refractivity contribution in [3.63, 3.8) is 0 Å². The monoisotopic (exact) mass is 270 g/mol. The Bertz CT molecular complexity index is 858. The van der Waals surface area contributed by atoms with E-state index in [-0.39, 0.29) is 11.2 Å². The van der Waals surface area contributed by atoms with Gasteiger partial charge in [0.1, 0.15) is 5.69 Å². The first-order valence-electron chi connectivity index (χ1n) is 5.86. The Kier molecular flexibility index (Phi) is 2.60. The Balaban J connectivity index is 2.29. The molecule has 3 rings (SSSR count). The Morgan fingerprint density at radius 1 is 1.30 bits per heavy atom. The lowest BCUT2D eigenvalue weighted by Crippen LogP contribution is -2.01. The van der Waals surface area contributed by atoms with Crippen molar-refractivity contribution in [2.24, 2.45) is 7.05 Å². The number of nitro benzene ring substituents is 1. The predicted octanol–water partition coefficient (Wildman–Crippen LogP) is 1.84. The van der Waals surface area contributed by atoms with E-state index >= 15 is 0 Å². The van der Waals surface area contributed by atoms with Crippen LogP contribution in [-0.4, -0.2) is 19.7 Å². The molecule has 3 aromatic rings. The third kappa shape index (κ3) is 1.85. The maximum atomic E-state index is 11.1. The third-order valence-electron chi connectivity index (χ3n) is 3.10. The van der Waals surface area contributed by atoms with Crippen LogP contribution >= 0.6 is 0 Å². The summed E-state index contributed by atoms with van der Waals surface area (Å²) in [6.07, 6.45) is 1.54. The molecule has 0 aliphatic carbocycles. The molecule has 2 heterocycles. The zero-order chi connectivity index (χ0) is 14.3. The van der Waals surface area contributed by atoms with E-state index in [0.717, 1.165) is 5.52 Å². The number of nitrogens with one attached hydrogen (secondary N) is 1. The van der Waals surface area contributed by atoms with Gasteiger partial charge in [-0.3, -0.25) is 19.6 Å². The number of aromatic nitrogens is 3. The van der Waals surface area contributed by atoms with E-state index in [4.69, 9.17) is 0 Å². The number of H-pyrrole nitrogens is 1. The van der Waals surface area contributed by atoms with Crippen LogP contribution in [0.1, 0.15) is 0 Å². The molecule has 1 aromatic carbocycles. The van der Waals surface area contributed by atoms with Crippen LogP contribution in [0.3, 0.4) is 0 Å².